The monoisotopic (exact) mass is 340 g/mol. The SMILES string of the molecule is O=C1NC[C@]2(CCCN(Cc3ccccc3F)C2)Oc2ccccc21. The van der Waals surface area contributed by atoms with Crippen molar-refractivity contribution >= 4 is 5.91 Å². The molecule has 0 aliphatic carbocycles. The minimum absolute atomic E-state index is 0.0984. The lowest BCUT2D eigenvalue weighted by molar-refractivity contribution is -0.00735. The van der Waals surface area contributed by atoms with Crippen molar-refractivity contribution < 1.29 is 13.9 Å². The number of rotatable bonds is 2. The number of piperidine rings is 1. The average molecular weight is 340 g/mol. The molecular formula is C20H21FN2O2. The molecule has 130 valence electrons. The van der Waals surface area contributed by atoms with Crippen LogP contribution >= 0.6 is 0 Å². The van der Waals surface area contributed by atoms with Gasteiger partial charge in [0.1, 0.15) is 17.2 Å². The maximum absolute atomic E-state index is 14.0. The molecule has 2 aliphatic heterocycles. The molecule has 0 unspecified atom stereocenters. The highest BCUT2D eigenvalue weighted by Crippen LogP contribution is 2.32. The maximum Gasteiger partial charge on any atom is 0.255 e. The number of ether oxygens (including phenoxy) is 1. The van der Waals surface area contributed by atoms with E-state index < -0.39 is 5.60 Å². The molecule has 2 heterocycles. The van der Waals surface area contributed by atoms with Crippen LogP contribution in [0.3, 0.4) is 0 Å². The summed E-state index contributed by atoms with van der Waals surface area (Å²) in [5, 5.41) is 2.99. The number of carbonyl (C=O) groups is 1. The number of nitrogens with one attached hydrogen (secondary N) is 1. The van der Waals surface area contributed by atoms with E-state index in [2.05, 4.69) is 10.2 Å². The summed E-state index contributed by atoms with van der Waals surface area (Å²) in [6, 6.07) is 14.2. The minimum atomic E-state index is -0.466. The standard InChI is InChI=1S/C20H21FN2O2/c21-17-8-3-1-6-15(17)12-23-11-5-10-20(14-23)13-22-19(24)16-7-2-4-9-18(16)25-20/h1-4,6-9H,5,10-14H2,(H,22,24)/t20-/m0/s1. The zero-order valence-corrected chi connectivity index (χ0v) is 14.0. The number of amides is 1. The Morgan fingerprint density at radius 3 is 2.84 bits per heavy atom. The van der Waals surface area contributed by atoms with Crippen molar-refractivity contribution in [2.24, 2.45) is 0 Å². The molecular weight excluding hydrogens is 319 g/mol. The van der Waals surface area contributed by atoms with E-state index in [9.17, 15) is 9.18 Å². The molecule has 0 bridgehead atoms. The van der Waals surface area contributed by atoms with Crippen LogP contribution in [-0.2, 0) is 6.54 Å². The second kappa shape index (κ2) is 6.48. The fourth-order valence-corrected chi connectivity index (χ4v) is 3.77. The highest BCUT2D eigenvalue weighted by molar-refractivity contribution is 5.97. The van der Waals surface area contributed by atoms with Crippen LogP contribution in [0, 0.1) is 5.82 Å². The molecule has 25 heavy (non-hydrogen) atoms. The van der Waals surface area contributed by atoms with Crippen molar-refractivity contribution in [1.29, 1.82) is 0 Å². The molecule has 2 aromatic rings. The van der Waals surface area contributed by atoms with Crippen LogP contribution < -0.4 is 10.1 Å². The summed E-state index contributed by atoms with van der Waals surface area (Å²) < 4.78 is 20.3. The fraction of sp³-hybridized carbons (Fsp3) is 0.350. The summed E-state index contributed by atoms with van der Waals surface area (Å²) in [4.78, 5) is 14.5. The highest BCUT2D eigenvalue weighted by Gasteiger charge is 2.40. The van der Waals surface area contributed by atoms with Crippen LogP contribution in [0.15, 0.2) is 48.5 Å². The lowest BCUT2D eigenvalue weighted by Gasteiger charge is -2.42. The largest absolute Gasteiger partial charge is 0.483 e. The first-order chi connectivity index (χ1) is 12.2. The molecule has 1 fully saturated rings. The number of para-hydroxylation sites is 1. The van der Waals surface area contributed by atoms with Crippen LogP contribution in [0.2, 0.25) is 0 Å². The second-order valence-electron chi connectivity index (χ2n) is 6.87. The third-order valence-electron chi connectivity index (χ3n) is 5.00. The van der Waals surface area contributed by atoms with E-state index in [0.717, 1.165) is 19.4 Å². The molecule has 4 rings (SSSR count). The van der Waals surface area contributed by atoms with E-state index in [-0.39, 0.29) is 11.7 Å². The first-order valence-electron chi connectivity index (χ1n) is 8.67. The molecule has 2 aromatic carbocycles. The number of hydrogen-bond acceptors (Lipinski definition) is 3. The Bertz CT molecular complexity index is 795. The maximum atomic E-state index is 14.0. The van der Waals surface area contributed by atoms with E-state index >= 15 is 0 Å². The van der Waals surface area contributed by atoms with Gasteiger partial charge in [-0.3, -0.25) is 9.69 Å². The Balaban J connectivity index is 1.56. The third-order valence-corrected chi connectivity index (χ3v) is 5.00. The molecule has 2 aliphatic rings. The summed E-state index contributed by atoms with van der Waals surface area (Å²) in [5.41, 5.74) is 0.800. The van der Waals surface area contributed by atoms with Crippen molar-refractivity contribution in [3.05, 3.63) is 65.5 Å². The van der Waals surface area contributed by atoms with Gasteiger partial charge in [0.2, 0.25) is 0 Å². The number of fused-ring (bicyclic) bond motifs is 1. The van der Waals surface area contributed by atoms with Gasteiger partial charge in [-0.25, -0.2) is 4.39 Å². The zero-order chi connectivity index (χ0) is 17.3. The van der Waals surface area contributed by atoms with Crippen molar-refractivity contribution in [2.45, 2.75) is 25.0 Å². The summed E-state index contributed by atoms with van der Waals surface area (Å²) >= 11 is 0. The Morgan fingerprint density at radius 1 is 1.16 bits per heavy atom. The van der Waals surface area contributed by atoms with Gasteiger partial charge in [-0.15, -0.1) is 0 Å². The van der Waals surface area contributed by atoms with Gasteiger partial charge in [-0.2, -0.15) is 0 Å². The van der Waals surface area contributed by atoms with Gasteiger partial charge in [0.15, 0.2) is 0 Å². The molecule has 1 amide bonds. The Morgan fingerprint density at radius 2 is 1.96 bits per heavy atom. The lowest BCUT2D eigenvalue weighted by atomic mass is 9.92. The summed E-state index contributed by atoms with van der Waals surface area (Å²) in [7, 11) is 0. The average Bonchev–Trinajstić information content (AvgIpc) is 2.75. The van der Waals surface area contributed by atoms with Crippen molar-refractivity contribution in [2.75, 3.05) is 19.6 Å². The molecule has 0 radical (unpaired) electrons. The van der Waals surface area contributed by atoms with Gasteiger partial charge >= 0.3 is 0 Å². The molecule has 1 saturated heterocycles. The Hall–Kier alpha value is -2.40. The lowest BCUT2D eigenvalue weighted by Crippen LogP contribution is -2.56. The van der Waals surface area contributed by atoms with Gasteiger partial charge < -0.3 is 10.1 Å². The highest BCUT2D eigenvalue weighted by atomic mass is 19.1. The molecule has 4 nitrogen and oxygen atoms in total. The number of hydrogen-bond donors (Lipinski definition) is 1. The second-order valence-corrected chi connectivity index (χ2v) is 6.87. The van der Waals surface area contributed by atoms with Crippen LogP contribution in [-0.4, -0.2) is 36.0 Å². The molecule has 1 spiro atoms. The van der Waals surface area contributed by atoms with Gasteiger partial charge in [-0.05, 0) is 37.6 Å². The first-order valence-corrected chi connectivity index (χ1v) is 8.67. The Labute approximate surface area is 146 Å². The van der Waals surface area contributed by atoms with Gasteiger partial charge in [0, 0.05) is 18.7 Å². The van der Waals surface area contributed by atoms with E-state index in [1.165, 1.54) is 6.07 Å². The van der Waals surface area contributed by atoms with Crippen LogP contribution in [0.1, 0.15) is 28.8 Å². The van der Waals surface area contributed by atoms with E-state index in [1.54, 1.807) is 12.1 Å². The summed E-state index contributed by atoms with van der Waals surface area (Å²) in [5.74, 6) is 0.353. The minimum Gasteiger partial charge on any atom is -0.483 e. The predicted octanol–water partition coefficient (Wildman–Crippen LogP) is 2.98. The van der Waals surface area contributed by atoms with Crippen LogP contribution in [0.4, 0.5) is 4.39 Å². The van der Waals surface area contributed by atoms with Gasteiger partial charge in [-0.1, -0.05) is 30.3 Å². The van der Waals surface area contributed by atoms with E-state index in [1.807, 2.05) is 30.3 Å². The zero-order valence-electron chi connectivity index (χ0n) is 14.0. The van der Waals surface area contributed by atoms with Gasteiger partial charge in [0.05, 0.1) is 12.1 Å². The van der Waals surface area contributed by atoms with Crippen molar-refractivity contribution in [1.82, 2.24) is 10.2 Å². The predicted molar refractivity (Wildman–Crippen MR) is 93.0 cm³/mol. The molecule has 1 N–H and O–H groups in total. The van der Waals surface area contributed by atoms with Crippen LogP contribution in [0.5, 0.6) is 5.75 Å². The van der Waals surface area contributed by atoms with E-state index in [4.69, 9.17) is 4.74 Å². The smallest absolute Gasteiger partial charge is 0.255 e. The number of benzene rings is 2. The quantitative estimate of drug-likeness (QED) is 0.914. The molecule has 1 atom stereocenters. The first kappa shape index (κ1) is 16.1. The Kier molecular flexibility index (Phi) is 4.17. The van der Waals surface area contributed by atoms with Crippen molar-refractivity contribution in [3.63, 3.8) is 0 Å². The number of halogens is 1. The topological polar surface area (TPSA) is 41.6 Å². The molecule has 5 heteroatoms. The van der Waals surface area contributed by atoms with Crippen LogP contribution in [0.25, 0.3) is 0 Å². The fourth-order valence-electron chi connectivity index (χ4n) is 3.77. The summed E-state index contributed by atoms with van der Waals surface area (Å²) in [6.45, 7) is 2.58. The third kappa shape index (κ3) is 3.24. The van der Waals surface area contributed by atoms with Crippen molar-refractivity contribution in [3.8, 4) is 5.75 Å². The molecule has 0 saturated carbocycles. The van der Waals surface area contributed by atoms with E-state index in [0.29, 0.717) is 36.5 Å². The molecule has 0 aromatic heterocycles. The summed E-state index contributed by atoms with van der Waals surface area (Å²) in [6.07, 6.45) is 1.82. The normalized spacial score (nSPS) is 23.5. The van der Waals surface area contributed by atoms with Gasteiger partial charge in [0.25, 0.3) is 5.91 Å². The number of carbonyl (C=O) groups excluding carboxylic acids is 1. The number of likely N-dealkylation sites (tertiary alicyclic amines) is 1. The number of nitrogens with zero attached hydrogens (tertiary/aromatic N) is 1.